The van der Waals surface area contributed by atoms with Crippen molar-refractivity contribution in [1.29, 1.82) is 0 Å². The molecule has 0 N–H and O–H groups in total. The Morgan fingerprint density at radius 1 is 0.0909 bits per heavy atom. The van der Waals surface area contributed by atoms with Crippen LogP contribution in [0.25, 0.3) is 218 Å². The van der Waals surface area contributed by atoms with E-state index >= 15 is 0 Å². The van der Waals surface area contributed by atoms with Gasteiger partial charge in [0.2, 0.25) is 0 Å². The molecule has 143 heavy (non-hydrogen) atoms. The standard InChI is InChI=1S/6C21H14.C17H12/c1-3-7-16-12-20-18(9-14(16)5-1)11-19-10-15-6-2-4-8-17(15)13-21(19)20;1-3-7-18-14(5-1)9-11-16-13-17-12-10-15-6-2-4-8-19(15)21(17)20(16)18;2*1-3-7-17-14(5-1)11-12-19-20(17)13-16-10-9-15-6-2-4-8-18(15)21(16)19;1-2-7-16-13-20-18(11-15(16)6-1)12-17-10-9-14-5-3-4-8-19(14)21(17)20;1-2-7-16-12-20-17(11-15(16)6-1)13-21-18-8-4-3-5-14(18)9-10-19(20)21;1-3-7-14-12(5-1)9-10-16-15-8-4-2-6-13(15)11-17(14)16/h1-10,12-13H,11H2;3*1-12H,13H2;1-11,13H,12H2;1-12H,13H2;1-10H,11H2. The molecule has 0 aromatic heterocycles. The van der Waals surface area contributed by atoms with Crippen LogP contribution in [0.3, 0.4) is 0 Å². The molecule has 0 saturated carbocycles. The van der Waals surface area contributed by atoms with E-state index in [0.717, 1.165) is 44.9 Å². The Kier molecular flexibility index (Phi) is 20.3. The van der Waals surface area contributed by atoms with Crippen LogP contribution in [0.15, 0.2) is 497 Å². The van der Waals surface area contributed by atoms with Gasteiger partial charge in [-0.3, -0.25) is 0 Å². The summed E-state index contributed by atoms with van der Waals surface area (Å²) in [6.45, 7) is 0. The van der Waals surface area contributed by atoms with E-state index in [9.17, 15) is 0 Å². The molecule has 7 aliphatic rings. The Balaban J connectivity index is 0.0000000814. The summed E-state index contributed by atoms with van der Waals surface area (Å²) in [5.41, 5.74) is 40.5. The maximum atomic E-state index is 2.36. The average molecular weight is 1810 g/mol. The van der Waals surface area contributed by atoms with Crippen molar-refractivity contribution < 1.29 is 0 Å². The molecule has 0 spiro atoms. The fourth-order valence-electron chi connectivity index (χ4n) is 25.0. The molecule has 0 aliphatic heterocycles. The third kappa shape index (κ3) is 14.6. The van der Waals surface area contributed by atoms with Gasteiger partial charge in [-0.15, -0.1) is 0 Å². The van der Waals surface area contributed by atoms with Crippen LogP contribution in [0.2, 0.25) is 0 Å². The molecule has 0 saturated heterocycles. The highest BCUT2D eigenvalue weighted by atomic mass is 14.3. The van der Waals surface area contributed by atoms with Gasteiger partial charge in [-0.1, -0.05) is 473 Å². The minimum atomic E-state index is 1.05. The Morgan fingerprint density at radius 3 is 0.629 bits per heavy atom. The molecule has 0 amide bonds. The van der Waals surface area contributed by atoms with Crippen LogP contribution in [0.1, 0.15) is 77.9 Å². The molecule has 27 aromatic rings. The van der Waals surface area contributed by atoms with E-state index in [-0.39, 0.29) is 0 Å². The number of hydrogen-bond acceptors (Lipinski definition) is 0. The lowest BCUT2D eigenvalue weighted by Crippen LogP contribution is -1.83. The summed E-state index contributed by atoms with van der Waals surface area (Å²) in [5, 5.41) is 35.2. The summed E-state index contributed by atoms with van der Waals surface area (Å²) in [5.74, 6) is 0. The topological polar surface area (TPSA) is 0 Å². The first-order valence-electron chi connectivity index (χ1n) is 50.6. The average Bonchev–Trinajstić information content (AvgIpc) is 1.60. The molecule has 0 heterocycles. The third-order valence-electron chi connectivity index (χ3n) is 31.7. The van der Waals surface area contributed by atoms with Crippen molar-refractivity contribution in [3.8, 4) is 77.9 Å². The zero-order valence-corrected chi connectivity index (χ0v) is 79.3. The van der Waals surface area contributed by atoms with E-state index in [1.54, 1.807) is 0 Å². The SMILES string of the molecule is c1ccc2c(c1)Cc1c-2ccc2ccccc12.c1ccc2c3c(ccc2c1)-c1c(ccc2ccccc12)C3.c1ccc2c3c(ccc2c1)-c1c(ccc2ccccc12)C3.c1ccc2c3c(ccc2c1)Cc1ccc2ccccc2c1-3.c1ccc2cc3c(cc2c1)Cc1c-3ccc2ccccc12.c1ccc2cc3c(cc2c1)Cc1cc2ccccc2cc1-3.c1ccc2cc3c(cc2c1)Cc1ccc2ccccc2c1-3. The van der Waals surface area contributed by atoms with E-state index < -0.39 is 0 Å². The summed E-state index contributed by atoms with van der Waals surface area (Å²) in [4.78, 5) is 0. The highest BCUT2D eigenvalue weighted by Gasteiger charge is 2.30. The predicted molar refractivity (Wildman–Crippen MR) is 610 cm³/mol. The van der Waals surface area contributed by atoms with Crippen LogP contribution in [-0.2, 0) is 44.9 Å². The van der Waals surface area contributed by atoms with Gasteiger partial charge in [0.05, 0.1) is 0 Å². The van der Waals surface area contributed by atoms with E-state index in [0.29, 0.717) is 0 Å². The number of benzene rings is 27. The van der Waals surface area contributed by atoms with Gasteiger partial charge in [-0.25, -0.2) is 0 Å². The zero-order chi connectivity index (χ0) is 94.1. The summed E-state index contributed by atoms with van der Waals surface area (Å²) in [7, 11) is 0. The largest absolute Gasteiger partial charge is 0.0619 e. The van der Waals surface area contributed by atoms with Crippen molar-refractivity contribution in [3.63, 3.8) is 0 Å². The monoisotopic (exact) mass is 1810 g/mol. The minimum absolute atomic E-state index is 1.05. The minimum Gasteiger partial charge on any atom is -0.0619 e. The van der Waals surface area contributed by atoms with Crippen LogP contribution in [0, 0.1) is 0 Å². The zero-order valence-electron chi connectivity index (χ0n) is 79.3. The van der Waals surface area contributed by atoms with Gasteiger partial charge < -0.3 is 0 Å². The molecular weight excluding hydrogens is 1720 g/mol. The Hall–Kier alpha value is -17.7. The van der Waals surface area contributed by atoms with Gasteiger partial charge in [0.1, 0.15) is 0 Å². The van der Waals surface area contributed by atoms with E-state index in [4.69, 9.17) is 0 Å². The molecule has 0 unspecified atom stereocenters. The van der Waals surface area contributed by atoms with Crippen molar-refractivity contribution in [1.82, 2.24) is 0 Å². The van der Waals surface area contributed by atoms with Crippen LogP contribution in [-0.4, -0.2) is 0 Å². The summed E-state index contributed by atoms with van der Waals surface area (Å²) < 4.78 is 0. The predicted octanol–water partition coefficient (Wildman–Crippen LogP) is 37.8. The Morgan fingerprint density at radius 2 is 0.280 bits per heavy atom. The quantitative estimate of drug-likeness (QED) is 0.142. The van der Waals surface area contributed by atoms with Crippen molar-refractivity contribution in [2.45, 2.75) is 44.9 Å². The van der Waals surface area contributed by atoms with Crippen molar-refractivity contribution in [3.05, 3.63) is 575 Å². The van der Waals surface area contributed by atoms with Crippen LogP contribution < -0.4 is 0 Å². The molecular formula is C143H96. The van der Waals surface area contributed by atoms with Gasteiger partial charge >= 0.3 is 0 Å². The van der Waals surface area contributed by atoms with Gasteiger partial charge in [-0.2, -0.15) is 0 Å². The summed E-state index contributed by atoms with van der Waals surface area (Å²) in [6.07, 6.45) is 7.40. The van der Waals surface area contributed by atoms with Gasteiger partial charge in [-0.05, 0) is 365 Å². The molecule has 0 heteroatoms. The van der Waals surface area contributed by atoms with Crippen molar-refractivity contribution in [2.75, 3.05) is 0 Å². The van der Waals surface area contributed by atoms with Gasteiger partial charge in [0, 0.05) is 0 Å². The van der Waals surface area contributed by atoms with Crippen molar-refractivity contribution in [2.24, 2.45) is 0 Å². The highest BCUT2D eigenvalue weighted by molar-refractivity contribution is 6.13. The second-order valence-corrected chi connectivity index (χ2v) is 39.7. The molecule has 7 aliphatic carbocycles. The number of fused-ring (bicyclic) bond motifs is 43. The molecule has 668 valence electrons. The highest BCUT2D eigenvalue weighted by Crippen LogP contribution is 2.52. The molecule has 0 nitrogen and oxygen atoms in total. The fourth-order valence-corrected chi connectivity index (χ4v) is 25.0. The lowest BCUT2D eigenvalue weighted by atomic mass is 9.94. The van der Waals surface area contributed by atoms with Crippen LogP contribution in [0.5, 0.6) is 0 Å². The van der Waals surface area contributed by atoms with Crippen LogP contribution in [0.4, 0.5) is 0 Å². The second-order valence-electron chi connectivity index (χ2n) is 39.7. The lowest BCUT2D eigenvalue weighted by Gasteiger charge is -2.09. The van der Waals surface area contributed by atoms with Gasteiger partial charge in [0.25, 0.3) is 0 Å². The maximum absolute atomic E-state index is 2.36. The number of rotatable bonds is 0. The first-order chi connectivity index (χ1) is 70.9. The maximum Gasteiger partial charge on any atom is -0.000705 e. The van der Waals surface area contributed by atoms with Crippen LogP contribution >= 0.6 is 0 Å². The van der Waals surface area contributed by atoms with Gasteiger partial charge in [0.15, 0.2) is 0 Å². The Labute approximate surface area is 832 Å². The molecule has 34 rings (SSSR count). The first kappa shape index (κ1) is 83.5. The van der Waals surface area contributed by atoms with Crippen molar-refractivity contribution >= 4 is 140 Å². The van der Waals surface area contributed by atoms with E-state index in [1.165, 1.54) is 296 Å². The molecule has 0 atom stereocenters. The molecule has 0 bridgehead atoms. The molecule has 27 aromatic carbocycles. The normalized spacial score (nSPS) is 12.6. The summed E-state index contributed by atoms with van der Waals surface area (Å²) >= 11 is 0. The number of hydrogen-bond donors (Lipinski definition) is 0. The smallest absolute Gasteiger partial charge is 0.000705 e. The second kappa shape index (κ2) is 34.7. The first-order valence-corrected chi connectivity index (χ1v) is 50.6. The summed E-state index contributed by atoms with van der Waals surface area (Å²) in [6, 6.07) is 181. The third-order valence-corrected chi connectivity index (χ3v) is 31.7. The lowest BCUT2D eigenvalue weighted by molar-refractivity contribution is 1.27. The fraction of sp³-hybridized carbons (Fsp3) is 0.0490. The van der Waals surface area contributed by atoms with E-state index in [1.807, 2.05) is 0 Å². The van der Waals surface area contributed by atoms with E-state index in [2.05, 4.69) is 497 Å². The Bertz CT molecular complexity index is 9500. The molecule has 0 radical (unpaired) electrons. The molecule has 0 fully saturated rings.